The van der Waals surface area contributed by atoms with Crippen LogP contribution < -0.4 is 10.6 Å². The summed E-state index contributed by atoms with van der Waals surface area (Å²) in [6, 6.07) is 7.33. The van der Waals surface area contributed by atoms with Crippen molar-refractivity contribution < 1.29 is 9.53 Å². The Morgan fingerprint density at radius 3 is 2.85 bits per heavy atom. The zero-order chi connectivity index (χ0) is 18.9. The molecule has 1 heterocycles. The predicted octanol–water partition coefficient (Wildman–Crippen LogP) is 1.96. The van der Waals surface area contributed by atoms with Gasteiger partial charge in [-0.05, 0) is 50.9 Å². The Hall–Kier alpha value is -2.45. The lowest BCUT2D eigenvalue weighted by molar-refractivity contribution is 0.0599. The molecule has 0 saturated carbocycles. The molecule has 2 N–H and O–H groups in total. The van der Waals surface area contributed by atoms with E-state index < -0.39 is 0 Å². The van der Waals surface area contributed by atoms with Crippen LogP contribution in [0.2, 0.25) is 0 Å². The lowest BCUT2D eigenvalue weighted by Crippen LogP contribution is -2.30. The fraction of sp³-hybridized carbons (Fsp3) is 0.389. The number of benzene rings is 1. The van der Waals surface area contributed by atoms with Gasteiger partial charge in [-0.1, -0.05) is 18.2 Å². The third-order valence-corrected chi connectivity index (χ3v) is 3.96. The number of hydrogen-bond donors (Lipinski definition) is 2. The van der Waals surface area contributed by atoms with Crippen LogP contribution in [0.5, 0.6) is 0 Å². The van der Waals surface area contributed by atoms with Crippen LogP contribution in [-0.2, 0) is 11.3 Å². The predicted molar refractivity (Wildman–Crippen MR) is 107 cm³/mol. The van der Waals surface area contributed by atoms with E-state index >= 15 is 0 Å². The second kappa shape index (κ2) is 9.88. The zero-order valence-corrected chi connectivity index (χ0v) is 16.2. The Balaban J connectivity index is 1.90. The molecule has 0 saturated heterocycles. The van der Waals surface area contributed by atoms with E-state index in [0.29, 0.717) is 17.2 Å². The second-order valence-corrected chi connectivity index (χ2v) is 6.52. The summed E-state index contributed by atoms with van der Waals surface area (Å²) in [6.07, 6.45) is 4.56. The van der Waals surface area contributed by atoms with E-state index in [1.54, 1.807) is 16.9 Å². The zero-order valence-electron chi connectivity index (χ0n) is 15.4. The minimum atomic E-state index is -0.353. The summed E-state index contributed by atoms with van der Waals surface area (Å²) in [4.78, 5) is 14.0. The SMILES string of the molecule is COC(=O)c1ccccc1Cn1cc(NC(=S)NCCCN(C)C)cn1. The van der Waals surface area contributed by atoms with Crippen LogP contribution in [0.3, 0.4) is 0 Å². The molecule has 0 unspecified atom stereocenters. The van der Waals surface area contributed by atoms with Gasteiger partial charge in [-0.25, -0.2) is 4.79 Å². The molecule has 0 fully saturated rings. The van der Waals surface area contributed by atoms with Gasteiger partial charge in [0.05, 0.1) is 31.1 Å². The number of hydrogen-bond acceptors (Lipinski definition) is 5. The molecule has 0 bridgehead atoms. The quantitative estimate of drug-likeness (QED) is 0.415. The molecule has 0 aliphatic rings. The number of nitrogens with zero attached hydrogens (tertiary/aromatic N) is 3. The number of anilines is 1. The van der Waals surface area contributed by atoms with E-state index in [1.807, 2.05) is 38.5 Å². The maximum Gasteiger partial charge on any atom is 0.338 e. The van der Waals surface area contributed by atoms with Gasteiger partial charge in [0.1, 0.15) is 0 Å². The normalized spacial score (nSPS) is 10.6. The van der Waals surface area contributed by atoms with E-state index in [4.69, 9.17) is 17.0 Å². The number of ether oxygens (including phenoxy) is 1. The molecule has 8 heteroatoms. The molecule has 1 aromatic heterocycles. The lowest BCUT2D eigenvalue weighted by Gasteiger charge is -2.11. The average Bonchev–Trinajstić information content (AvgIpc) is 3.05. The number of thiocarbonyl (C=S) groups is 1. The molecule has 0 aliphatic carbocycles. The summed E-state index contributed by atoms with van der Waals surface area (Å²) in [7, 11) is 5.47. The Labute approximate surface area is 159 Å². The number of rotatable bonds is 8. The van der Waals surface area contributed by atoms with Crippen molar-refractivity contribution >= 4 is 29.0 Å². The Kier molecular flexibility index (Phi) is 7.55. The highest BCUT2D eigenvalue weighted by Gasteiger charge is 2.11. The number of methoxy groups -OCH3 is 1. The third-order valence-electron chi connectivity index (χ3n) is 3.71. The van der Waals surface area contributed by atoms with Crippen LogP contribution in [0, 0.1) is 0 Å². The standard InChI is InChI=1S/C18H25N5O2S/c1-22(2)10-6-9-19-18(26)21-15-11-20-23(13-15)12-14-7-4-5-8-16(14)17(24)25-3/h4-5,7-8,11,13H,6,9-10,12H2,1-3H3,(H2,19,21,26). The average molecular weight is 375 g/mol. The monoisotopic (exact) mass is 375 g/mol. The van der Waals surface area contributed by atoms with Crippen molar-refractivity contribution in [3.8, 4) is 0 Å². The fourth-order valence-electron chi connectivity index (χ4n) is 2.43. The maximum absolute atomic E-state index is 11.8. The number of carbonyl (C=O) groups is 1. The maximum atomic E-state index is 11.8. The van der Waals surface area contributed by atoms with E-state index in [0.717, 1.165) is 30.8 Å². The summed E-state index contributed by atoms with van der Waals surface area (Å²) < 4.78 is 6.57. The van der Waals surface area contributed by atoms with Crippen LogP contribution in [0.1, 0.15) is 22.3 Å². The Bertz CT molecular complexity index is 745. The Morgan fingerprint density at radius 1 is 1.35 bits per heavy atom. The first kappa shape index (κ1) is 19.9. The molecular weight excluding hydrogens is 350 g/mol. The summed E-state index contributed by atoms with van der Waals surface area (Å²) >= 11 is 5.29. The summed E-state index contributed by atoms with van der Waals surface area (Å²) in [5, 5.41) is 11.2. The smallest absolute Gasteiger partial charge is 0.338 e. The van der Waals surface area contributed by atoms with Crippen molar-refractivity contribution in [2.45, 2.75) is 13.0 Å². The molecule has 0 aliphatic heterocycles. The fourth-order valence-corrected chi connectivity index (χ4v) is 2.65. The third kappa shape index (κ3) is 6.12. The second-order valence-electron chi connectivity index (χ2n) is 6.11. The van der Waals surface area contributed by atoms with E-state index in [9.17, 15) is 4.79 Å². The molecule has 2 rings (SSSR count). The van der Waals surface area contributed by atoms with E-state index in [2.05, 4.69) is 20.6 Å². The minimum absolute atomic E-state index is 0.353. The van der Waals surface area contributed by atoms with Gasteiger partial charge in [-0.2, -0.15) is 5.10 Å². The van der Waals surface area contributed by atoms with Gasteiger partial charge in [-0.3, -0.25) is 4.68 Å². The number of nitrogens with one attached hydrogen (secondary N) is 2. The van der Waals surface area contributed by atoms with Crippen molar-refractivity contribution in [2.75, 3.05) is 39.6 Å². The van der Waals surface area contributed by atoms with Crippen LogP contribution in [0.4, 0.5) is 5.69 Å². The van der Waals surface area contributed by atoms with Gasteiger partial charge in [-0.15, -0.1) is 0 Å². The number of aromatic nitrogens is 2. The highest BCUT2D eigenvalue weighted by molar-refractivity contribution is 7.80. The van der Waals surface area contributed by atoms with Crippen LogP contribution in [0.15, 0.2) is 36.7 Å². The summed E-state index contributed by atoms with van der Waals surface area (Å²) in [6.45, 7) is 2.29. The molecule has 2 aromatic rings. The van der Waals surface area contributed by atoms with Gasteiger partial charge in [0.15, 0.2) is 5.11 Å². The van der Waals surface area contributed by atoms with Crippen molar-refractivity contribution in [1.29, 1.82) is 0 Å². The first-order chi connectivity index (χ1) is 12.5. The topological polar surface area (TPSA) is 71.4 Å². The van der Waals surface area contributed by atoms with E-state index in [1.165, 1.54) is 7.11 Å². The van der Waals surface area contributed by atoms with Gasteiger partial charge in [0.25, 0.3) is 0 Å². The van der Waals surface area contributed by atoms with Crippen LogP contribution in [0.25, 0.3) is 0 Å². The van der Waals surface area contributed by atoms with Gasteiger partial charge in [0.2, 0.25) is 0 Å². The van der Waals surface area contributed by atoms with Crippen molar-refractivity contribution in [3.63, 3.8) is 0 Å². The molecule has 0 radical (unpaired) electrons. The van der Waals surface area contributed by atoms with Crippen molar-refractivity contribution in [2.24, 2.45) is 0 Å². The number of esters is 1. The van der Waals surface area contributed by atoms with Crippen LogP contribution >= 0.6 is 12.2 Å². The van der Waals surface area contributed by atoms with Crippen molar-refractivity contribution in [3.05, 3.63) is 47.8 Å². The molecule has 140 valence electrons. The molecule has 0 atom stereocenters. The largest absolute Gasteiger partial charge is 0.465 e. The Morgan fingerprint density at radius 2 is 2.12 bits per heavy atom. The first-order valence-electron chi connectivity index (χ1n) is 8.38. The van der Waals surface area contributed by atoms with E-state index in [-0.39, 0.29) is 5.97 Å². The van der Waals surface area contributed by atoms with Crippen molar-refractivity contribution in [1.82, 2.24) is 20.0 Å². The summed E-state index contributed by atoms with van der Waals surface area (Å²) in [5.41, 5.74) is 2.18. The molecule has 1 aromatic carbocycles. The molecule has 7 nitrogen and oxygen atoms in total. The van der Waals surface area contributed by atoms with Crippen LogP contribution in [-0.4, -0.2) is 60.1 Å². The van der Waals surface area contributed by atoms with Gasteiger partial charge < -0.3 is 20.3 Å². The summed E-state index contributed by atoms with van der Waals surface area (Å²) in [5.74, 6) is -0.353. The van der Waals surface area contributed by atoms with Gasteiger partial charge >= 0.3 is 5.97 Å². The highest BCUT2D eigenvalue weighted by atomic mass is 32.1. The first-order valence-corrected chi connectivity index (χ1v) is 8.78. The molecule has 26 heavy (non-hydrogen) atoms. The molecular formula is C18H25N5O2S. The minimum Gasteiger partial charge on any atom is -0.465 e. The number of carbonyl (C=O) groups excluding carboxylic acids is 1. The lowest BCUT2D eigenvalue weighted by atomic mass is 10.1. The molecule has 0 spiro atoms. The van der Waals surface area contributed by atoms with Gasteiger partial charge in [0, 0.05) is 12.7 Å². The highest BCUT2D eigenvalue weighted by Crippen LogP contribution is 2.13. The molecule has 0 amide bonds.